The van der Waals surface area contributed by atoms with Crippen LogP contribution in [0, 0.1) is 0 Å². The van der Waals surface area contributed by atoms with Gasteiger partial charge in [-0.05, 0) is 38.8 Å². The average Bonchev–Trinajstić information content (AvgIpc) is 2.75. The van der Waals surface area contributed by atoms with Crippen LogP contribution in [-0.2, 0) is 0 Å². The summed E-state index contributed by atoms with van der Waals surface area (Å²) in [7, 11) is 0. The quantitative estimate of drug-likeness (QED) is 0.453. The number of unbranched alkanes of at least 4 members (excludes halogenated alkanes) is 3. The van der Waals surface area contributed by atoms with Gasteiger partial charge < -0.3 is 0 Å². The molecule has 0 amide bonds. The highest BCUT2D eigenvalue weighted by atomic mass is 15.1. The number of hydrogen-bond acceptors (Lipinski definition) is 1. The highest BCUT2D eigenvalue weighted by Crippen LogP contribution is 2.06. The summed E-state index contributed by atoms with van der Waals surface area (Å²) in [6.45, 7) is 5.98. The molecule has 0 saturated carbocycles. The molecule has 0 aromatic rings. The lowest BCUT2D eigenvalue weighted by atomic mass is 10.2. The smallest absolute Gasteiger partial charge is 0.0166 e. The molecule has 0 aliphatic carbocycles. The fraction of sp³-hybridized carbons (Fsp3) is 0.714. The van der Waals surface area contributed by atoms with Crippen LogP contribution in [0.25, 0.3) is 0 Å². The topological polar surface area (TPSA) is 3.24 Å². The maximum atomic E-state index is 2.52. The van der Waals surface area contributed by atoms with Crippen LogP contribution in [0.3, 0.4) is 0 Å². The Morgan fingerprint density at radius 2 is 1.73 bits per heavy atom. The summed E-state index contributed by atoms with van der Waals surface area (Å²) < 4.78 is 0. The van der Waals surface area contributed by atoms with Gasteiger partial charge in [-0.3, -0.25) is 4.90 Å². The molecule has 1 heterocycles. The second kappa shape index (κ2) is 8.72. The summed E-state index contributed by atoms with van der Waals surface area (Å²) in [6.07, 6.45) is 17.0. The van der Waals surface area contributed by atoms with Crippen molar-refractivity contribution in [3.63, 3.8) is 0 Å². The van der Waals surface area contributed by atoms with Crippen molar-refractivity contribution in [2.24, 2.45) is 0 Å². The number of hydrogen-bond donors (Lipinski definition) is 0. The van der Waals surface area contributed by atoms with Crippen LogP contribution >= 0.6 is 0 Å². The SMILES string of the molecule is CCCCC/C=C/C=C/CN1CCCC1. The lowest BCUT2D eigenvalue weighted by Crippen LogP contribution is -2.18. The lowest BCUT2D eigenvalue weighted by Gasteiger charge is -2.09. The van der Waals surface area contributed by atoms with Crippen molar-refractivity contribution in [1.29, 1.82) is 0 Å². The van der Waals surface area contributed by atoms with Crippen LogP contribution in [0.5, 0.6) is 0 Å². The molecule has 1 saturated heterocycles. The van der Waals surface area contributed by atoms with E-state index >= 15 is 0 Å². The first-order chi connectivity index (χ1) is 7.43. The van der Waals surface area contributed by atoms with Crippen molar-refractivity contribution in [3.05, 3.63) is 24.3 Å². The van der Waals surface area contributed by atoms with Crippen molar-refractivity contribution in [2.45, 2.75) is 45.4 Å². The first-order valence-electron chi connectivity index (χ1n) is 6.47. The minimum atomic E-state index is 1.14. The van der Waals surface area contributed by atoms with E-state index < -0.39 is 0 Å². The highest BCUT2D eigenvalue weighted by molar-refractivity contribution is 5.03. The van der Waals surface area contributed by atoms with Crippen LogP contribution in [0.15, 0.2) is 24.3 Å². The van der Waals surface area contributed by atoms with E-state index in [4.69, 9.17) is 0 Å². The van der Waals surface area contributed by atoms with Crippen LogP contribution in [-0.4, -0.2) is 24.5 Å². The Balaban J connectivity index is 1.95. The summed E-state index contributed by atoms with van der Waals surface area (Å²) in [6, 6.07) is 0. The lowest BCUT2D eigenvalue weighted by molar-refractivity contribution is 0.377. The average molecular weight is 207 g/mol. The summed E-state index contributed by atoms with van der Waals surface area (Å²) in [5, 5.41) is 0. The molecule has 0 aromatic carbocycles. The molecule has 0 atom stereocenters. The molecule has 0 spiro atoms. The van der Waals surface area contributed by atoms with Gasteiger partial charge in [-0.15, -0.1) is 0 Å². The van der Waals surface area contributed by atoms with E-state index in [1.54, 1.807) is 0 Å². The molecule has 1 rings (SSSR count). The van der Waals surface area contributed by atoms with Crippen molar-refractivity contribution >= 4 is 0 Å². The molecular weight excluding hydrogens is 182 g/mol. The highest BCUT2D eigenvalue weighted by Gasteiger charge is 2.08. The summed E-state index contributed by atoms with van der Waals surface area (Å²) >= 11 is 0. The Labute approximate surface area is 94.9 Å². The van der Waals surface area contributed by atoms with E-state index in [-0.39, 0.29) is 0 Å². The van der Waals surface area contributed by atoms with E-state index in [0.717, 1.165) is 6.54 Å². The molecule has 0 bridgehead atoms. The molecule has 1 aliphatic rings. The molecule has 0 aromatic heterocycles. The standard InChI is InChI=1S/C14H25N/c1-2-3-4-5-6-7-8-9-12-15-13-10-11-14-15/h6-9H,2-5,10-14H2,1H3/b7-6+,9-8+. The van der Waals surface area contributed by atoms with Gasteiger partial charge in [0, 0.05) is 6.54 Å². The van der Waals surface area contributed by atoms with E-state index in [9.17, 15) is 0 Å². The minimum absolute atomic E-state index is 1.14. The molecule has 1 nitrogen and oxygen atoms in total. The van der Waals surface area contributed by atoms with E-state index in [1.165, 1.54) is 51.6 Å². The van der Waals surface area contributed by atoms with Gasteiger partial charge >= 0.3 is 0 Å². The molecule has 86 valence electrons. The Kier molecular flexibility index (Phi) is 7.28. The van der Waals surface area contributed by atoms with Crippen molar-refractivity contribution in [1.82, 2.24) is 4.90 Å². The Hall–Kier alpha value is -0.560. The molecule has 15 heavy (non-hydrogen) atoms. The van der Waals surface area contributed by atoms with E-state index in [2.05, 4.69) is 36.1 Å². The normalized spacial score (nSPS) is 18.5. The third-order valence-electron chi connectivity index (χ3n) is 2.92. The second-order valence-electron chi connectivity index (χ2n) is 4.36. The number of likely N-dealkylation sites (tertiary alicyclic amines) is 1. The Morgan fingerprint density at radius 3 is 2.47 bits per heavy atom. The zero-order chi connectivity index (χ0) is 10.8. The molecule has 1 aliphatic heterocycles. The van der Waals surface area contributed by atoms with Crippen molar-refractivity contribution in [3.8, 4) is 0 Å². The first-order valence-corrected chi connectivity index (χ1v) is 6.47. The van der Waals surface area contributed by atoms with Gasteiger partial charge in [0.2, 0.25) is 0 Å². The zero-order valence-corrected chi connectivity index (χ0v) is 10.1. The number of nitrogens with zero attached hydrogens (tertiary/aromatic N) is 1. The molecular formula is C14H25N. The fourth-order valence-corrected chi connectivity index (χ4v) is 1.94. The van der Waals surface area contributed by atoms with Crippen LogP contribution in [0.1, 0.15) is 45.4 Å². The summed E-state index contributed by atoms with van der Waals surface area (Å²) in [5.74, 6) is 0. The van der Waals surface area contributed by atoms with Crippen molar-refractivity contribution < 1.29 is 0 Å². The van der Waals surface area contributed by atoms with E-state index in [1.807, 2.05) is 0 Å². The van der Waals surface area contributed by atoms with Gasteiger partial charge in [0.05, 0.1) is 0 Å². The third kappa shape index (κ3) is 6.51. The predicted molar refractivity (Wildman–Crippen MR) is 68.1 cm³/mol. The molecule has 0 radical (unpaired) electrons. The molecule has 0 N–H and O–H groups in total. The molecule has 0 unspecified atom stereocenters. The van der Waals surface area contributed by atoms with Gasteiger partial charge in [0.15, 0.2) is 0 Å². The Morgan fingerprint density at radius 1 is 1.00 bits per heavy atom. The molecule has 1 heteroatoms. The van der Waals surface area contributed by atoms with Gasteiger partial charge in [-0.2, -0.15) is 0 Å². The zero-order valence-electron chi connectivity index (χ0n) is 10.1. The maximum absolute atomic E-state index is 2.52. The van der Waals surface area contributed by atoms with Gasteiger partial charge in [0.25, 0.3) is 0 Å². The van der Waals surface area contributed by atoms with E-state index in [0.29, 0.717) is 0 Å². The largest absolute Gasteiger partial charge is 0.300 e. The Bertz CT molecular complexity index is 188. The fourth-order valence-electron chi connectivity index (χ4n) is 1.94. The van der Waals surface area contributed by atoms with Crippen LogP contribution < -0.4 is 0 Å². The second-order valence-corrected chi connectivity index (χ2v) is 4.36. The van der Waals surface area contributed by atoms with Crippen LogP contribution in [0.4, 0.5) is 0 Å². The number of rotatable bonds is 7. The molecule has 1 fully saturated rings. The summed E-state index contributed by atoms with van der Waals surface area (Å²) in [4.78, 5) is 2.52. The van der Waals surface area contributed by atoms with Crippen LogP contribution in [0.2, 0.25) is 0 Å². The summed E-state index contributed by atoms with van der Waals surface area (Å²) in [5.41, 5.74) is 0. The van der Waals surface area contributed by atoms with Gasteiger partial charge in [-0.25, -0.2) is 0 Å². The van der Waals surface area contributed by atoms with Gasteiger partial charge in [-0.1, -0.05) is 44.1 Å². The first kappa shape index (κ1) is 12.5. The predicted octanol–water partition coefficient (Wildman–Crippen LogP) is 3.77. The van der Waals surface area contributed by atoms with Crippen molar-refractivity contribution in [2.75, 3.05) is 19.6 Å². The third-order valence-corrected chi connectivity index (χ3v) is 2.92. The maximum Gasteiger partial charge on any atom is 0.0166 e. The monoisotopic (exact) mass is 207 g/mol. The minimum Gasteiger partial charge on any atom is -0.300 e. The number of allylic oxidation sites excluding steroid dienone is 3. The van der Waals surface area contributed by atoms with Gasteiger partial charge in [0.1, 0.15) is 0 Å².